The number of pyridine rings is 1. The first-order valence-corrected chi connectivity index (χ1v) is 13.2. The number of hydrogen-bond donors (Lipinski definition) is 0. The summed E-state index contributed by atoms with van der Waals surface area (Å²) in [6, 6.07) is 22.1. The van der Waals surface area contributed by atoms with Crippen molar-refractivity contribution in [1.82, 2.24) is 4.98 Å². The Morgan fingerprint density at radius 1 is 0.861 bits per heavy atom. The minimum atomic E-state index is -0.368. The van der Waals surface area contributed by atoms with Gasteiger partial charge in [0.25, 0.3) is 0 Å². The van der Waals surface area contributed by atoms with Crippen molar-refractivity contribution in [2.24, 2.45) is 11.8 Å². The smallest absolute Gasteiger partial charge is 0.238 e. The molecule has 36 heavy (non-hydrogen) atoms. The lowest BCUT2D eigenvalue weighted by Crippen LogP contribution is -2.31. The minimum Gasteiger partial charge on any atom is -0.274 e. The molecule has 0 N–H and O–H groups in total. The average molecular weight is 483 g/mol. The predicted molar refractivity (Wildman–Crippen MR) is 146 cm³/mol. The molecule has 1 saturated heterocycles. The molecule has 188 valence electrons. The molecule has 0 radical (unpaired) electrons. The third-order valence-electron chi connectivity index (χ3n) is 7.76. The van der Waals surface area contributed by atoms with Crippen LogP contribution in [0.25, 0.3) is 0 Å². The topological polar surface area (TPSA) is 50.3 Å². The second-order valence-corrected chi connectivity index (χ2v) is 11.1. The van der Waals surface area contributed by atoms with Gasteiger partial charge in [-0.1, -0.05) is 77.1 Å². The Hall–Kier alpha value is -3.27. The van der Waals surface area contributed by atoms with Crippen LogP contribution in [0.15, 0.2) is 79.1 Å². The van der Waals surface area contributed by atoms with Gasteiger partial charge < -0.3 is 0 Å². The number of carbonyl (C=O) groups is 2. The van der Waals surface area contributed by atoms with Crippen molar-refractivity contribution in [2.45, 2.75) is 71.1 Å². The van der Waals surface area contributed by atoms with E-state index in [-0.39, 0.29) is 40.9 Å². The second kappa shape index (κ2) is 10.8. The van der Waals surface area contributed by atoms with E-state index in [0.29, 0.717) is 12.1 Å². The van der Waals surface area contributed by atoms with Gasteiger partial charge in [-0.2, -0.15) is 0 Å². The Morgan fingerprint density at radius 2 is 1.50 bits per heavy atom. The van der Waals surface area contributed by atoms with E-state index in [1.807, 2.05) is 54.9 Å². The van der Waals surface area contributed by atoms with Gasteiger partial charge in [0.2, 0.25) is 11.8 Å². The molecular formula is C32H38N2O2. The van der Waals surface area contributed by atoms with Crippen molar-refractivity contribution < 1.29 is 9.59 Å². The van der Waals surface area contributed by atoms with E-state index in [9.17, 15) is 9.59 Å². The summed E-state index contributed by atoms with van der Waals surface area (Å²) in [6.07, 6.45) is 5.94. The van der Waals surface area contributed by atoms with Crippen molar-refractivity contribution in [1.29, 1.82) is 0 Å². The molecule has 4 unspecified atom stereocenters. The first kappa shape index (κ1) is 25.8. The van der Waals surface area contributed by atoms with Crippen molar-refractivity contribution in [3.05, 3.63) is 95.8 Å². The highest BCUT2D eigenvalue weighted by Gasteiger charge is 2.51. The van der Waals surface area contributed by atoms with Gasteiger partial charge in [-0.3, -0.25) is 19.5 Å². The molecule has 0 aliphatic carbocycles. The fraction of sp³-hybridized carbons (Fsp3) is 0.406. The third-order valence-corrected chi connectivity index (χ3v) is 7.76. The lowest BCUT2D eigenvalue weighted by molar-refractivity contribution is -0.122. The van der Waals surface area contributed by atoms with Crippen molar-refractivity contribution in [3.63, 3.8) is 0 Å². The Kier molecular flexibility index (Phi) is 7.73. The van der Waals surface area contributed by atoms with Gasteiger partial charge in [0.1, 0.15) is 0 Å². The number of nitrogens with zero attached hydrogens (tertiary/aromatic N) is 2. The van der Waals surface area contributed by atoms with Gasteiger partial charge >= 0.3 is 0 Å². The van der Waals surface area contributed by atoms with Crippen LogP contribution in [-0.2, 0) is 15.0 Å². The average Bonchev–Trinajstić information content (AvgIpc) is 3.13. The van der Waals surface area contributed by atoms with Gasteiger partial charge in [0.15, 0.2) is 0 Å². The Bertz CT molecular complexity index is 1170. The quantitative estimate of drug-likeness (QED) is 0.317. The molecule has 0 saturated carbocycles. The minimum absolute atomic E-state index is 0.00888. The maximum absolute atomic E-state index is 13.9. The lowest BCUT2D eigenvalue weighted by atomic mass is 9.74. The van der Waals surface area contributed by atoms with E-state index < -0.39 is 0 Å². The normalized spacial score (nSPS) is 20.0. The molecule has 1 aromatic heterocycles. The number of benzene rings is 2. The summed E-state index contributed by atoms with van der Waals surface area (Å²) in [6.45, 7) is 10.9. The summed E-state index contributed by atoms with van der Waals surface area (Å²) in [5.74, 6) is -0.566. The highest BCUT2D eigenvalue weighted by molar-refractivity contribution is 6.22. The van der Waals surface area contributed by atoms with E-state index in [2.05, 4.69) is 63.9 Å². The van der Waals surface area contributed by atoms with Crippen LogP contribution < -0.4 is 4.90 Å². The van der Waals surface area contributed by atoms with Crippen LogP contribution in [0.5, 0.6) is 0 Å². The zero-order valence-corrected chi connectivity index (χ0v) is 22.1. The maximum Gasteiger partial charge on any atom is 0.238 e. The van der Waals surface area contributed by atoms with Gasteiger partial charge in [-0.25, -0.2) is 0 Å². The van der Waals surface area contributed by atoms with Crippen LogP contribution in [0, 0.1) is 11.8 Å². The van der Waals surface area contributed by atoms with Gasteiger partial charge in [0, 0.05) is 12.4 Å². The molecule has 2 amide bonds. The fourth-order valence-electron chi connectivity index (χ4n) is 5.55. The first-order valence-electron chi connectivity index (χ1n) is 13.2. The number of amides is 2. The maximum atomic E-state index is 13.9. The van der Waals surface area contributed by atoms with Gasteiger partial charge in [-0.05, 0) is 77.5 Å². The summed E-state index contributed by atoms with van der Waals surface area (Å²) >= 11 is 0. The standard InChI is InChI=1S/C32H38N2O2/c1-6-27(24-13-15-25(16-14-24)32(3,4)5)29-28(17-12-22(2)23-18-20-33-21-19-23)30(35)34(31(29)36)26-10-8-7-9-11-26/h7-11,13-16,18-22,27-29H,6,12,17H2,1-5H3. The van der Waals surface area contributed by atoms with Crippen LogP contribution in [0.4, 0.5) is 5.69 Å². The summed E-state index contributed by atoms with van der Waals surface area (Å²) in [7, 11) is 0. The highest BCUT2D eigenvalue weighted by Crippen LogP contribution is 2.44. The third kappa shape index (κ3) is 5.28. The molecule has 2 heterocycles. The molecule has 3 aromatic rings. The number of hydrogen-bond acceptors (Lipinski definition) is 3. The summed E-state index contributed by atoms with van der Waals surface area (Å²) in [5, 5.41) is 0. The van der Waals surface area contributed by atoms with Crippen molar-refractivity contribution in [2.75, 3.05) is 4.90 Å². The van der Waals surface area contributed by atoms with Crippen LogP contribution in [0.1, 0.15) is 82.4 Å². The molecule has 1 fully saturated rings. The molecule has 4 nitrogen and oxygen atoms in total. The van der Waals surface area contributed by atoms with E-state index in [4.69, 9.17) is 0 Å². The predicted octanol–water partition coefficient (Wildman–Crippen LogP) is 7.26. The number of aromatic nitrogens is 1. The number of carbonyl (C=O) groups excluding carboxylic acids is 2. The van der Waals surface area contributed by atoms with Crippen LogP contribution >= 0.6 is 0 Å². The monoisotopic (exact) mass is 482 g/mol. The largest absolute Gasteiger partial charge is 0.274 e. The molecule has 4 rings (SSSR count). The molecule has 0 spiro atoms. The zero-order valence-electron chi connectivity index (χ0n) is 22.1. The van der Waals surface area contributed by atoms with Crippen LogP contribution in [0.2, 0.25) is 0 Å². The van der Waals surface area contributed by atoms with E-state index >= 15 is 0 Å². The van der Waals surface area contributed by atoms with E-state index in [1.165, 1.54) is 16.0 Å². The summed E-state index contributed by atoms with van der Waals surface area (Å²) in [5.41, 5.74) is 4.35. The van der Waals surface area contributed by atoms with E-state index in [0.717, 1.165) is 18.4 Å². The molecule has 4 heteroatoms. The fourth-order valence-corrected chi connectivity index (χ4v) is 5.55. The molecule has 2 aromatic carbocycles. The first-order chi connectivity index (χ1) is 17.2. The second-order valence-electron chi connectivity index (χ2n) is 11.1. The van der Waals surface area contributed by atoms with Gasteiger partial charge in [-0.15, -0.1) is 0 Å². The van der Waals surface area contributed by atoms with Crippen LogP contribution in [-0.4, -0.2) is 16.8 Å². The summed E-state index contributed by atoms with van der Waals surface area (Å²) in [4.78, 5) is 33.3. The number of rotatable bonds is 8. The lowest BCUT2D eigenvalue weighted by Gasteiger charge is -2.27. The number of para-hydroxylation sites is 1. The van der Waals surface area contributed by atoms with E-state index in [1.54, 1.807) is 0 Å². The van der Waals surface area contributed by atoms with Crippen LogP contribution in [0.3, 0.4) is 0 Å². The summed E-state index contributed by atoms with van der Waals surface area (Å²) < 4.78 is 0. The molecule has 1 aliphatic heterocycles. The highest BCUT2D eigenvalue weighted by atomic mass is 16.2. The molecule has 0 bridgehead atoms. The molecule has 1 aliphatic rings. The van der Waals surface area contributed by atoms with Crippen molar-refractivity contribution >= 4 is 17.5 Å². The number of imide groups is 1. The Labute approximate surface area is 215 Å². The Balaban J connectivity index is 1.66. The molecular weight excluding hydrogens is 444 g/mol. The zero-order chi connectivity index (χ0) is 25.9. The van der Waals surface area contributed by atoms with Crippen molar-refractivity contribution in [3.8, 4) is 0 Å². The van der Waals surface area contributed by atoms with Gasteiger partial charge in [0.05, 0.1) is 17.5 Å². The Morgan fingerprint density at radius 3 is 2.08 bits per heavy atom. The molecule has 4 atom stereocenters. The number of anilines is 1. The SMILES string of the molecule is CCC(c1ccc(C(C)(C)C)cc1)C1C(=O)N(c2ccccc2)C(=O)C1CCC(C)c1ccncc1.